The van der Waals surface area contributed by atoms with E-state index in [1.807, 2.05) is 0 Å². The van der Waals surface area contributed by atoms with Crippen LogP contribution < -0.4 is 0 Å². The molecule has 0 spiro atoms. The first-order valence-corrected chi connectivity index (χ1v) is 10.1. The van der Waals surface area contributed by atoms with Crippen LogP contribution in [0.2, 0.25) is 0 Å². The lowest BCUT2D eigenvalue weighted by Gasteiger charge is -2.60. The van der Waals surface area contributed by atoms with Gasteiger partial charge in [-0.05, 0) is 74.0 Å². The minimum atomic E-state index is -0.527. The zero-order valence-electron chi connectivity index (χ0n) is 15.8. The van der Waals surface area contributed by atoms with Gasteiger partial charge in [-0.3, -0.25) is 9.59 Å². The van der Waals surface area contributed by atoms with E-state index in [1.165, 1.54) is 13.3 Å². The molecule has 0 aromatic rings. The van der Waals surface area contributed by atoms with Crippen molar-refractivity contribution < 1.29 is 19.4 Å². The molecule has 0 aromatic heterocycles. The Kier molecular flexibility index (Phi) is 4.06. The molecule has 4 heteroatoms. The molecular weight excluding hydrogens is 316 g/mol. The van der Waals surface area contributed by atoms with Crippen LogP contribution in [0.15, 0.2) is 0 Å². The van der Waals surface area contributed by atoms with E-state index < -0.39 is 6.10 Å². The summed E-state index contributed by atoms with van der Waals surface area (Å²) in [6, 6.07) is 0. The van der Waals surface area contributed by atoms with Crippen molar-refractivity contribution in [3.63, 3.8) is 0 Å². The van der Waals surface area contributed by atoms with E-state index >= 15 is 0 Å². The molecule has 0 heterocycles. The maximum Gasteiger partial charge on any atom is 0.302 e. The maximum atomic E-state index is 12.5. The molecule has 4 saturated carbocycles. The number of ketones is 1. The second-order valence-electron chi connectivity index (χ2n) is 9.73. The first kappa shape index (κ1) is 17.5. The topological polar surface area (TPSA) is 63.6 Å². The van der Waals surface area contributed by atoms with Crippen molar-refractivity contribution in [1.82, 2.24) is 0 Å². The zero-order chi connectivity index (χ0) is 18.0. The summed E-state index contributed by atoms with van der Waals surface area (Å²) in [5.41, 5.74) is 0.0308. The van der Waals surface area contributed by atoms with Gasteiger partial charge in [0.1, 0.15) is 11.9 Å². The fourth-order valence-corrected chi connectivity index (χ4v) is 7.36. The molecule has 4 aliphatic carbocycles. The predicted molar refractivity (Wildman–Crippen MR) is 93.7 cm³/mol. The highest BCUT2D eigenvalue weighted by molar-refractivity contribution is 5.87. The number of ether oxygens (including phenoxy) is 1. The molecule has 4 rings (SSSR count). The number of carbonyl (C=O) groups excluding carboxylic acids is 2. The van der Waals surface area contributed by atoms with Crippen LogP contribution >= 0.6 is 0 Å². The van der Waals surface area contributed by atoms with E-state index in [9.17, 15) is 14.7 Å². The number of carbonyl (C=O) groups is 2. The van der Waals surface area contributed by atoms with Gasteiger partial charge in [-0.25, -0.2) is 0 Å². The number of esters is 1. The normalized spacial score (nSPS) is 52.1. The summed E-state index contributed by atoms with van der Waals surface area (Å²) in [5, 5.41) is 10.5. The summed E-state index contributed by atoms with van der Waals surface area (Å²) in [5.74, 6) is 2.46. The Hall–Kier alpha value is -0.900. The number of Topliss-reactive ketones (excluding diaryl/α,β-unsaturated/α-hetero) is 1. The van der Waals surface area contributed by atoms with Gasteiger partial charge in [-0.1, -0.05) is 13.8 Å². The van der Waals surface area contributed by atoms with Crippen LogP contribution in [0.4, 0.5) is 0 Å². The van der Waals surface area contributed by atoms with Crippen LogP contribution in [0, 0.1) is 34.5 Å². The average molecular weight is 348 g/mol. The van der Waals surface area contributed by atoms with Crippen LogP contribution in [0.25, 0.3) is 0 Å². The Balaban J connectivity index is 1.61. The molecule has 4 aliphatic rings. The molecule has 8 atom stereocenters. The van der Waals surface area contributed by atoms with E-state index in [1.54, 1.807) is 0 Å². The SMILES string of the molecule is CC(=O)O[C@H]1C[C@@]2(C)[C@@H](CC[C@@H]3[C@@H]2CC[C@]2(C)C(=O)CC[C@@H]32)C[C@@H]1O. The Morgan fingerprint density at radius 3 is 2.64 bits per heavy atom. The van der Waals surface area contributed by atoms with E-state index in [0.29, 0.717) is 29.5 Å². The van der Waals surface area contributed by atoms with Gasteiger partial charge >= 0.3 is 5.97 Å². The summed E-state index contributed by atoms with van der Waals surface area (Å²) < 4.78 is 5.48. The maximum absolute atomic E-state index is 12.5. The van der Waals surface area contributed by atoms with Gasteiger partial charge in [0.15, 0.2) is 0 Å². The zero-order valence-corrected chi connectivity index (χ0v) is 15.8. The van der Waals surface area contributed by atoms with Crippen LogP contribution in [-0.4, -0.2) is 29.1 Å². The second kappa shape index (κ2) is 5.80. The fraction of sp³-hybridized carbons (Fsp3) is 0.905. The third-order valence-corrected chi connectivity index (χ3v) is 8.69. The highest BCUT2D eigenvalue weighted by Gasteiger charge is 2.61. The van der Waals surface area contributed by atoms with Crippen molar-refractivity contribution in [2.24, 2.45) is 34.5 Å². The predicted octanol–water partition coefficient (Wildman–Crippen LogP) is 3.50. The molecule has 0 amide bonds. The van der Waals surface area contributed by atoms with Gasteiger partial charge in [0.05, 0.1) is 6.10 Å². The molecular formula is C21H32O4. The molecule has 4 nitrogen and oxygen atoms in total. The molecule has 4 fully saturated rings. The number of fused-ring (bicyclic) bond motifs is 5. The molecule has 0 aliphatic heterocycles. The molecule has 1 N–H and O–H groups in total. The summed E-state index contributed by atoms with van der Waals surface area (Å²) in [4.78, 5) is 24.0. The third-order valence-electron chi connectivity index (χ3n) is 8.69. The van der Waals surface area contributed by atoms with Gasteiger partial charge in [-0.15, -0.1) is 0 Å². The molecule has 25 heavy (non-hydrogen) atoms. The summed E-state index contributed by atoms with van der Waals surface area (Å²) in [6.45, 7) is 6.02. The molecule has 0 saturated heterocycles. The lowest BCUT2D eigenvalue weighted by atomic mass is 9.45. The number of rotatable bonds is 1. The van der Waals surface area contributed by atoms with Crippen molar-refractivity contribution in [2.75, 3.05) is 0 Å². The largest absolute Gasteiger partial charge is 0.460 e. The lowest BCUT2D eigenvalue weighted by Crippen LogP contribution is -2.57. The quantitative estimate of drug-likeness (QED) is 0.737. The Bertz CT molecular complexity index is 586. The number of hydrogen-bond acceptors (Lipinski definition) is 4. The Morgan fingerprint density at radius 1 is 1.16 bits per heavy atom. The first-order valence-electron chi connectivity index (χ1n) is 10.1. The van der Waals surface area contributed by atoms with Crippen molar-refractivity contribution in [1.29, 1.82) is 0 Å². The standard InChI is InChI=1S/C21H32O4/c1-12(22)25-18-11-21(3)13(10-17(18)23)4-5-14-15-6-7-19(24)20(15,2)9-8-16(14)21/h13-18,23H,4-11H2,1-3H3/t13-,14-,15-,16-,17-,18-,20-,21-/m0/s1. The molecule has 0 unspecified atom stereocenters. The highest BCUT2D eigenvalue weighted by Crippen LogP contribution is 2.65. The van der Waals surface area contributed by atoms with Gasteiger partial charge in [0, 0.05) is 18.8 Å². The Morgan fingerprint density at radius 2 is 1.92 bits per heavy atom. The minimum Gasteiger partial charge on any atom is -0.460 e. The molecule has 140 valence electrons. The number of aliphatic hydroxyl groups is 1. The lowest BCUT2D eigenvalue weighted by molar-refractivity contribution is -0.182. The van der Waals surface area contributed by atoms with E-state index in [4.69, 9.17) is 4.74 Å². The van der Waals surface area contributed by atoms with E-state index in [0.717, 1.165) is 44.9 Å². The smallest absolute Gasteiger partial charge is 0.302 e. The van der Waals surface area contributed by atoms with E-state index in [-0.39, 0.29) is 22.9 Å². The minimum absolute atomic E-state index is 0.0895. The van der Waals surface area contributed by atoms with Gasteiger partial charge < -0.3 is 9.84 Å². The van der Waals surface area contributed by atoms with Crippen LogP contribution in [0.5, 0.6) is 0 Å². The van der Waals surface area contributed by atoms with Crippen molar-refractivity contribution in [3.8, 4) is 0 Å². The van der Waals surface area contributed by atoms with Crippen molar-refractivity contribution in [2.45, 2.75) is 84.3 Å². The average Bonchev–Trinajstić information content (AvgIpc) is 2.84. The highest BCUT2D eigenvalue weighted by atomic mass is 16.6. The van der Waals surface area contributed by atoms with Crippen LogP contribution in [0.3, 0.4) is 0 Å². The number of hydrogen-bond donors (Lipinski definition) is 1. The molecule has 0 bridgehead atoms. The van der Waals surface area contributed by atoms with E-state index in [2.05, 4.69) is 13.8 Å². The van der Waals surface area contributed by atoms with Crippen LogP contribution in [0.1, 0.15) is 72.1 Å². The first-order chi connectivity index (χ1) is 11.8. The fourth-order valence-electron chi connectivity index (χ4n) is 7.36. The van der Waals surface area contributed by atoms with Crippen molar-refractivity contribution in [3.05, 3.63) is 0 Å². The summed E-state index contributed by atoms with van der Waals surface area (Å²) >= 11 is 0. The Labute approximate surface area is 150 Å². The summed E-state index contributed by atoms with van der Waals surface area (Å²) in [6.07, 6.45) is 6.92. The monoisotopic (exact) mass is 348 g/mol. The van der Waals surface area contributed by atoms with Gasteiger partial charge in [0.2, 0.25) is 0 Å². The summed E-state index contributed by atoms with van der Waals surface area (Å²) in [7, 11) is 0. The van der Waals surface area contributed by atoms with Crippen molar-refractivity contribution >= 4 is 11.8 Å². The molecule has 0 radical (unpaired) electrons. The third kappa shape index (κ3) is 2.50. The van der Waals surface area contributed by atoms with Crippen LogP contribution in [-0.2, 0) is 14.3 Å². The van der Waals surface area contributed by atoms with Gasteiger partial charge in [0.25, 0.3) is 0 Å². The number of aliphatic hydroxyl groups excluding tert-OH is 1. The van der Waals surface area contributed by atoms with Gasteiger partial charge in [-0.2, -0.15) is 0 Å². The molecule has 0 aromatic carbocycles. The second-order valence-corrected chi connectivity index (χ2v) is 9.73.